The van der Waals surface area contributed by atoms with E-state index in [1.807, 2.05) is 0 Å². The van der Waals surface area contributed by atoms with Crippen LogP contribution in [0, 0.1) is 22.7 Å². The summed E-state index contributed by atoms with van der Waals surface area (Å²) in [5.74, 6) is 0.802. The molecular weight excluding hydrogens is 248 g/mol. The highest BCUT2D eigenvalue weighted by Crippen LogP contribution is 2.66. The molecule has 4 aliphatic carbocycles. The molecule has 0 saturated heterocycles. The molecule has 1 aromatic carbocycles. The fourth-order valence-electron chi connectivity index (χ4n) is 5.94. The van der Waals surface area contributed by atoms with Crippen molar-refractivity contribution in [1.29, 1.82) is 0 Å². The molecule has 106 valence electrons. The standard InChI is InChI=1S/C18H22O2/c19-16(20)18-10-14-6-15(11-18)9-17(8-14,12-18)7-13-4-2-1-3-5-13/h1-5,14-15H,6-12H2,(H,19,20)/t14-,15-,17?,18?/m0/s1. The number of hydrogen-bond acceptors (Lipinski definition) is 1. The number of rotatable bonds is 3. The molecule has 0 heterocycles. The number of carboxylic acids is 1. The maximum absolute atomic E-state index is 11.8. The monoisotopic (exact) mass is 270 g/mol. The van der Waals surface area contributed by atoms with Gasteiger partial charge in [-0.05, 0) is 67.8 Å². The zero-order chi connectivity index (χ0) is 13.8. The van der Waals surface area contributed by atoms with Crippen LogP contribution in [0.2, 0.25) is 0 Å². The van der Waals surface area contributed by atoms with Gasteiger partial charge >= 0.3 is 5.97 Å². The van der Waals surface area contributed by atoms with Gasteiger partial charge in [0.1, 0.15) is 0 Å². The molecule has 2 heteroatoms. The highest BCUT2D eigenvalue weighted by Gasteiger charge is 2.60. The number of carboxylic acid groups (broad SMARTS) is 1. The average Bonchev–Trinajstić information content (AvgIpc) is 2.37. The van der Waals surface area contributed by atoms with E-state index in [0.29, 0.717) is 11.8 Å². The molecule has 4 bridgehead atoms. The Morgan fingerprint density at radius 1 is 1.10 bits per heavy atom. The van der Waals surface area contributed by atoms with Crippen molar-refractivity contribution in [3.63, 3.8) is 0 Å². The molecule has 0 aromatic heterocycles. The van der Waals surface area contributed by atoms with Crippen molar-refractivity contribution in [3.05, 3.63) is 35.9 Å². The van der Waals surface area contributed by atoms with Crippen LogP contribution in [-0.2, 0) is 11.2 Å². The quantitative estimate of drug-likeness (QED) is 0.904. The van der Waals surface area contributed by atoms with Crippen molar-refractivity contribution in [2.75, 3.05) is 0 Å². The highest BCUT2D eigenvalue weighted by molar-refractivity contribution is 5.75. The first-order valence-corrected chi connectivity index (χ1v) is 7.87. The number of carbonyl (C=O) groups is 1. The van der Waals surface area contributed by atoms with Crippen LogP contribution in [0.5, 0.6) is 0 Å². The van der Waals surface area contributed by atoms with Crippen molar-refractivity contribution in [2.24, 2.45) is 22.7 Å². The summed E-state index contributed by atoms with van der Waals surface area (Å²) in [6.45, 7) is 0. The third-order valence-electron chi connectivity index (χ3n) is 6.06. The van der Waals surface area contributed by atoms with E-state index in [-0.39, 0.29) is 5.41 Å². The fourth-order valence-corrected chi connectivity index (χ4v) is 5.94. The summed E-state index contributed by atoms with van der Waals surface area (Å²) in [4.78, 5) is 11.8. The minimum atomic E-state index is -0.524. The van der Waals surface area contributed by atoms with Gasteiger partial charge in [-0.25, -0.2) is 0 Å². The molecule has 0 amide bonds. The maximum Gasteiger partial charge on any atom is 0.309 e. The second-order valence-electron chi connectivity index (χ2n) is 7.71. The second-order valence-corrected chi connectivity index (χ2v) is 7.71. The number of benzene rings is 1. The summed E-state index contributed by atoms with van der Waals surface area (Å²) >= 11 is 0. The van der Waals surface area contributed by atoms with Crippen molar-refractivity contribution in [2.45, 2.75) is 44.9 Å². The Morgan fingerprint density at radius 3 is 2.35 bits per heavy atom. The van der Waals surface area contributed by atoms with Gasteiger partial charge in [-0.2, -0.15) is 0 Å². The Labute approximate surface area is 120 Å². The molecule has 0 unspecified atom stereocenters. The number of aliphatic carboxylic acids is 1. The summed E-state index contributed by atoms with van der Waals surface area (Å²) in [5.41, 5.74) is 1.26. The lowest BCUT2D eigenvalue weighted by Crippen LogP contribution is -2.55. The smallest absolute Gasteiger partial charge is 0.309 e. The molecule has 20 heavy (non-hydrogen) atoms. The molecular formula is C18H22O2. The Morgan fingerprint density at radius 2 is 1.75 bits per heavy atom. The lowest BCUT2D eigenvalue weighted by atomic mass is 9.43. The molecule has 5 rings (SSSR count). The van der Waals surface area contributed by atoms with Gasteiger partial charge in [0, 0.05) is 0 Å². The molecule has 0 spiro atoms. The van der Waals surface area contributed by atoms with Crippen LogP contribution in [0.3, 0.4) is 0 Å². The van der Waals surface area contributed by atoms with Crippen LogP contribution in [0.25, 0.3) is 0 Å². The van der Waals surface area contributed by atoms with E-state index in [1.165, 1.54) is 24.8 Å². The largest absolute Gasteiger partial charge is 0.481 e. The third-order valence-corrected chi connectivity index (χ3v) is 6.06. The predicted molar refractivity (Wildman–Crippen MR) is 77.3 cm³/mol. The van der Waals surface area contributed by atoms with Crippen LogP contribution >= 0.6 is 0 Å². The summed E-state index contributed by atoms with van der Waals surface area (Å²) in [5, 5.41) is 9.76. The first-order valence-electron chi connectivity index (χ1n) is 7.87. The molecule has 1 aromatic rings. The topological polar surface area (TPSA) is 37.3 Å². The Hall–Kier alpha value is -1.31. The predicted octanol–water partition coefficient (Wildman–Crippen LogP) is 3.90. The molecule has 4 fully saturated rings. The Bertz CT molecular complexity index is 520. The summed E-state index contributed by atoms with van der Waals surface area (Å²) in [6, 6.07) is 10.7. The Kier molecular flexibility index (Phi) is 2.55. The van der Waals surface area contributed by atoms with E-state index in [2.05, 4.69) is 30.3 Å². The van der Waals surface area contributed by atoms with Crippen LogP contribution in [0.15, 0.2) is 30.3 Å². The minimum Gasteiger partial charge on any atom is -0.481 e. The van der Waals surface area contributed by atoms with Gasteiger partial charge in [0.2, 0.25) is 0 Å². The Balaban J connectivity index is 1.67. The van der Waals surface area contributed by atoms with E-state index >= 15 is 0 Å². The van der Waals surface area contributed by atoms with E-state index < -0.39 is 11.4 Å². The number of hydrogen-bond donors (Lipinski definition) is 1. The van der Waals surface area contributed by atoms with Crippen molar-refractivity contribution >= 4 is 5.97 Å². The van der Waals surface area contributed by atoms with Crippen molar-refractivity contribution < 1.29 is 9.90 Å². The molecule has 2 atom stereocenters. The average molecular weight is 270 g/mol. The van der Waals surface area contributed by atoms with E-state index in [4.69, 9.17) is 0 Å². The van der Waals surface area contributed by atoms with Crippen LogP contribution < -0.4 is 0 Å². The second kappa shape index (κ2) is 4.09. The van der Waals surface area contributed by atoms with Crippen LogP contribution in [-0.4, -0.2) is 11.1 Å². The van der Waals surface area contributed by atoms with Gasteiger partial charge in [-0.15, -0.1) is 0 Å². The van der Waals surface area contributed by atoms with Gasteiger partial charge in [-0.3, -0.25) is 4.79 Å². The SMILES string of the molecule is O=C(O)C12C[C@H]3C[C@@H](CC(Cc4ccccc4)(C3)C1)C2. The first kappa shape index (κ1) is 12.4. The van der Waals surface area contributed by atoms with Gasteiger partial charge in [-0.1, -0.05) is 30.3 Å². The first-order chi connectivity index (χ1) is 9.59. The van der Waals surface area contributed by atoms with Crippen LogP contribution in [0.4, 0.5) is 0 Å². The third kappa shape index (κ3) is 1.81. The van der Waals surface area contributed by atoms with Crippen LogP contribution in [0.1, 0.15) is 44.1 Å². The lowest BCUT2D eigenvalue weighted by molar-refractivity contribution is -0.174. The van der Waals surface area contributed by atoms with Gasteiger partial charge < -0.3 is 5.11 Å². The molecule has 4 saturated carbocycles. The zero-order valence-corrected chi connectivity index (χ0v) is 11.8. The van der Waals surface area contributed by atoms with E-state index in [9.17, 15) is 9.90 Å². The highest BCUT2D eigenvalue weighted by atomic mass is 16.4. The molecule has 1 N–H and O–H groups in total. The van der Waals surface area contributed by atoms with Gasteiger partial charge in [0.25, 0.3) is 0 Å². The van der Waals surface area contributed by atoms with Gasteiger partial charge in [0.05, 0.1) is 5.41 Å². The van der Waals surface area contributed by atoms with Crippen molar-refractivity contribution in [3.8, 4) is 0 Å². The zero-order valence-electron chi connectivity index (χ0n) is 11.8. The van der Waals surface area contributed by atoms with Gasteiger partial charge in [0.15, 0.2) is 0 Å². The maximum atomic E-state index is 11.8. The summed E-state index contributed by atoms with van der Waals surface area (Å²) < 4.78 is 0. The molecule has 0 aliphatic heterocycles. The summed E-state index contributed by atoms with van der Waals surface area (Å²) in [7, 11) is 0. The fraction of sp³-hybridized carbons (Fsp3) is 0.611. The lowest BCUT2D eigenvalue weighted by Gasteiger charge is -2.60. The molecule has 2 nitrogen and oxygen atoms in total. The van der Waals surface area contributed by atoms with Crippen molar-refractivity contribution in [1.82, 2.24) is 0 Å². The van der Waals surface area contributed by atoms with E-state index in [1.54, 1.807) is 0 Å². The molecule has 0 radical (unpaired) electrons. The molecule has 4 aliphatic rings. The normalized spacial score (nSPS) is 41.8. The minimum absolute atomic E-state index is 0.268. The van der Waals surface area contributed by atoms with E-state index in [0.717, 1.165) is 25.7 Å². The summed E-state index contributed by atoms with van der Waals surface area (Å²) in [6.07, 6.45) is 7.67.